The Morgan fingerprint density at radius 1 is 1.17 bits per heavy atom. The van der Waals surface area contributed by atoms with E-state index in [0.29, 0.717) is 22.2 Å². The Morgan fingerprint density at radius 2 is 1.88 bits per heavy atom. The quantitative estimate of drug-likeness (QED) is 0.695. The molecule has 1 aromatic heterocycles. The lowest BCUT2D eigenvalue weighted by molar-refractivity contribution is -0.125. The van der Waals surface area contributed by atoms with E-state index >= 15 is 0 Å². The van der Waals surface area contributed by atoms with Gasteiger partial charge < -0.3 is 9.88 Å². The number of aromatic nitrogens is 2. The summed E-state index contributed by atoms with van der Waals surface area (Å²) in [4.78, 5) is 21.5. The molecule has 0 bridgehead atoms. The first-order chi connectivity index (χ1) is 11.5. The number of carbonyl (C=O) groups excluding carboxylic acids is 1. The third-order valence-corrected chi connectivity index (χ3v) is 4.25. The molecule has 2 aromatic carbocycles. The van der Waals surface area contributed by atoms with Gasteiger partial charge in [0.05, 0.1) is 17.6 Å². The fourth-order valence-electron chi connectivity index (χ4n) is 2.33. The maximum Gasteiger partial charge on any atom is 0.246 e. The number of nitrogens with one attached hydrogen (secondary N) is 1. The minimum atomic E-state index is -0.161. The van der Waals surface area contributed by atoms with Crippen molar-refractivity contribution in [1.29, 1.82) is 0 Å². The van der Waals surface area contributed by atoms with E-state index in [1.807, 2.05) is 24.3 Å². The number of amides is 1. The Hall–Kier alpha value is -2.30. The lowest BCUT2D eigenvalue weighted by Crippen LogP contribution is -2.24. The highest BCUT2D eigenvalue weighted by Crippen LogP contribution is 2.25. The van der Waals surface area contributed by atoms with E-state index in [2.05, 4.69) is 9.97 Å². The van der Waals surface area contributed by atoms with Crippen LogP contribution >= 0.6 is 23.2 Å². The highest BCUT2D eigenvalue weighted by molar-refractivity contribution is 6.37. The topological polar surface area (TPSA) is 49.0 Å². The van der Waals surface area contributed by atoms with Crippen LogP contribution in [0.2, 0.25) is 10.0 Å². The van der Waals surface area contributed by atoms with Gasteiger partial charge in [-0.15, -0.1) is 0 Å². The lowest BCUT2D eigenvalue weighted by Gasteiger charge is -2.13. The number of rotatable bonds is 4. The summed E-state index contributed by atoms with van der Waals surface area (Å²) < 4.78 is 0. The Kier molecular flexibility index (Phi) is 4.88. The summed E-state index contributed by atoms with van der Waals surface area (Å²) in [5.41, 5.74) is 2.46. The van der Waals surface area contributed by atoms with Crippen molar-refractivity contribution in [3.05, 3.63) is 70.0 Å². The number of aromatic amines is 1. The average Bonchev–Trinajstić information content (AvgIpc) is 2.96. The van der Waals surface area contributed by atoms with Crippen molar-refractivity contribution in [2.75, 3.05) is 7.05 Å². The number of carbonyl (C=O) groups is 1. The van der Waals surface area contributed by atoms with Gasteiger partial charge in [0.1, 0.15) is 5.82 Å². The largest absolute Gasteiger partial charge is 0.340 e. The van der Waals surface area contributed by atoms with Crippen LogP contribution in [0.5, 0.6) is 0 Å². The molecule has 0 radical (unpaired) electrons. The molecule has 0 aliphatic heterocycles. The number of fused-ring (bicyclic) bond motifs is 1. The number of benzene rings is 2. The van der Waals surface area contributed by atoms with Crippen LogP contribution in [0.15, 0.2) is 48.5 Å². The predicted molar refractivity (Wildman–Crippen MR) is 98.1 cm³/mol. The van der Waals surface area contributed by atoms with Crippen LogP contribution in [0, 0.1) is 0 Å². The molecule has 1 amide bonds. The van der Waals surface area contributed by atoms with Gasteiger partial charge in [0.25, 0.3) is 0 Å². The van der Waals surface area contributed by atoms with E-state index in [1.165, 1.54) is 6.08 Å². The van der Waals surface area contributed by atoms with Crippen LogP contribution in [0.3, 0.4) is 0 Å². The lowest BCUT2D eigenvalue weighted by atomic mass is 10.2. The molecule has 1 heterocycles. The summed E-state index contributed by atoms with van der Waals surface area (Å²) in [5.74, 6) is 0.572. The van der Waals surface area contributed by atoms with Gasteiger partial charge in [-0.05, 0) is 30.3 Å². The first-order valence-electron chi connectivity index (χ1n) is 7.35. The molecule has 0 aliphatic carbocycles. The standard InChI is InChI=1S/C18H15Cl2N3O/c1-23(11-17-21-15-7-2-3-8-16(15)22-17)18(24)10-9-12-13(19)5-4-6-14(12)20/h2-10H,11H2,1H3,(H,21,22)/b10-9+. The van der Waals surface area contributed by atoms with Crippen molar-refractivity contribution in [1.82, 2.24) is 14.9 Å². The van der Waals surface area contributed by atoms with Gasteiger partial charge in [-0.2, -0.15) is 0 Å². The molecular weight excluding hydrogens is 345 g/mol. The van der Waals surface area contributed by atoms with Crippen molar-refractivity contribution < 1.29 is 4.79 Å². The molecule has 4 nitrogen and oxygen atoms in total. The summed E-state index contributed by atoms with van der Waals surface area (Å²) in [6.45, 7) is 0.383. The Bertz CT molecular complexity index is 864. The maximum absolute atomic E-state index is 12.3. The fourth-order valence-corrected chi connectivity index (χ4v) is 2.86. The van der Waals surface area contributed by atoms with Gasteiger partial charge in [-0.25, -0.2) is 4.98 Å². The second-order valence-corrected chi connectivity index (χ2v) is 6.18. The van der Waals surface area contributed by atoms with Gasteiger partial charge in [0, 0.05) is 28.7 Å². The number of halogens is 2. The zero-order chi connectivity index (χ0) is 17.1. The molecule has 0 saturated heterocycles. The highest BCUT2D eigenvalue weighted by atomic mass is 35.5. The van der Waals surface area contributed by atoms with E-state index in [0.717, 1.165) is 16.9 Å². The minimum Gasteiger partial charge on any atom is -0.340 e. The smallest absolute Gasteiger partial charge is 0.246 e. The number of imidazole rings is 1. The van der Waals surface area contributed by atoms with Crippen molar-refractivity contribution in [2.24, 2.45) is 0 Å². The van der Waals surface area contributed by atoms with Gasteiger partial charge in [-0.3, -0.25) is 4.79 Å². The third-order valence-electron chi connectivity index (χ3n) is 3.59. The van der Waals surface area contributed by atoms with Gasteiger partial charge in [0.2, 0.25) is 5.91 Å². The summed E-state index contributed by atoms with van der Waals surface area (Å²) in [6.07, 6.45) is 3.08. The summed E-state index contributed by atoms with van der Waals surface area (Å²) in [7, 11) is 1.72. The SMILES string of the molecule is CN(Cc1nc2ccccc2[nH]1)C(=O)/C=C/c1c(Cl)cccc1Cl. The number of hydrogen-bond acceptors (Lipinski definition) is 2. The molecule has 0 fully saturated rings. The third kappa shape index (κ3) is 3.61. The first-order valence-corrected chi connectivity index (χ1v) is 8.11. The van der Waals surface area contributed by atoms with Gasteiger partial charge in [0.15, 0.2) is 0 Å². The Labute approximate surface area is 149 Å². The predicted octanol–water partition coefficient (Wildman–Crippen LogP) is 4.54. The van der Waals surface area contributed by atoms with E-state index in [4.69, 9.17) is 23.2 Å². The van der Waals surface area contributed by atoms with Crippen LogP contribution in [-0.2, 0) is 11.3 Å². The zero-order valence-corrected chi connectivity index (χ0v) is 14.5. The summed E-state index contributed by atoms with van der Waals surface area (Å²) >= 11 is 12.2. The molecule has 0 spiro atoms. The number of H-pyrrole nitrogens is 1. The van der Waals surface area contributed by atoms with Gasteiger partial charge >= 0.3 is 0 Å². The van der Waals surface area contributed by atoms with E-state index in [-0.39, 0.29) is 5.91 Å². The first kappa shape index (κ1) is 16.6. The van der Waals surface area contributed by atoms with E-state index in [1.54, 1.807) is 36.2 Å². The number of para-hydroxylation sites is 2. The normalized spacial score (nSPS) is 11.3. The minimum absolute atomic E-state index is 0.161. The Balaban J connectivity index is 1.71. The molecule has 122 valence electrons. The fraction of sp³-hybridized carbons (Fsp3) is 0.111. The van der Waals surface area contributed by atoms with E-state index in [9.17, 15) is 4.79 Å². The molecule has 3 aromatic rings. The molecule has 0 unspecified atom stereocenters. The van der Waals surface area contributed by atoms with Crippen LogP contribution in [0.25, 0.3) is 17.1 Å². The molecule has 0 aliphatic rings. The van der Waals surface area contributed by atoms with Crippen LogP contribution in [-0.4, -0.2) is 27.8 Å². The molecule has 0 atom stereocenters. The van der Waals surface area contributed by atoms with Crippen molar-refractivity contribution in [2.45, 2.75) is 6.54 Å². The number of likely N-dealkylation sites (N-methyl/N-ethyl adjacent to an activating group) is 1. The van der Waals surface area contributed by atoms with Crippen LogP contribution in [0.4, 0.5) is 0 Å². The second-order valence-electron chi connectivity index (χ2n) is 5.36. The molecule has 24 heavy (non-hydrogen) atoms. The molecule has 3 rings (SSSR count). The molecule has 1 N–H and O–H groups in total. The monoisotopic (exact) mass is 359 g/mol. The maximum atomic E-state index is 12.3. The van der Waals surface area contributed by atoms with Crippen LogP contribution < -0.4 is 0 Å². The van der Waals surface area contributed by atoms with Crippen LogP contribution in [0.1, 0.15) is 11.4 Å². The molecule has 6 heteroatoms. The van der Waals surface area contributed by atoms with Gasteiger partial charge in [-0.1, -0.05) is 41.4 Å². The average molecular weight is 360 g/mol. The van der Waals surface area contributed by atoms with Crippen molar-refractivity contribution in [3.63, 3.8) is 0 Å². The van der Waals surface area contributed by atoms with Crippen molar-refractivity contribution >= 4 is 46.2 Å². The van der Waals surface area contributed by atoms with Crippen molar-refractivity contribution in [3.8, 4) is 0 Å². The molecular formula is C18H15Cl2N3O. The Morgan fingerprint density at radius 3 is 2.58 bits per heavy atom. The highest BCUT2D eigenvalue weighted by Gasteiger charge is 2.10. The number of hydrogen-bond donors (Lipinski definition) is 1. The second kappa shape index (κ2) is 7.07. The number of nitrogens with zero attached hydrogens (tertiary/aromatic N) is 2. The zero-order valence-electron chi connectivity index (χ0n) is 13.0. The summed E-state index contributed by atoms with van der Waals surface area (Å²) in [6, 6.07) is 13.0. The molecule has 0 saturated carbocycles. The van der Waals surface area contributed by atoms with E-state index < -0.39 is 0 Å². The summed E-state index contributed by atoms with van der Waals surface area (Å²) in [5, 5.41) is 1.01.